The Bertz CT molecular complexity index is 588. The van der Waals surface area contributed by atoms with Crippen molar-refractivity contribution in [1.82, 2.24) is 0 Å². The van der Waals surface area contributed by atoms with Gasteiger partial charge in [0.2, 0.25) is 0 Å². The van der Waals surface area contributed by atoms with Gasteiger partial charge in [-0.3, -0.25) is 14.4 Å². The van der Waals surface area contributed by atoms with Crippen molar-refractivity contribution in [3.05, 3.63) is 36.5 Å². The van der Waals surface area contributed by atoms with Crippen LogP contribution in [0.4, 0.5) is 0 Å². The van der Waals surface area contributed by atoms with Crippen LogP contribution in [-0.2, 0) is 23.9 Å². The second kappa shape index (κ2) is 13.9. The molecule has 0 aromatic rings. The first-order valence-corrected chi connectivity index (χ1v) is 10.3. The van der Waals surface area contributed by atoms with Crippen LogP contribution in [-0.4, -0.2) is 30.9 Å². The summed E-state index contributed by atoms with van der Waals surface area (Å²) in [5, 5.41) is 0. The molecule has 0 aliphatic heterocycles. The van der Waals surface area contributed by atoms with Gasteiger partial charge >= 0.3 is 11.9 Å². The standard InChI is InChI=1S/C23H34O5/c1-4-5-8-12-20(28-18(2)24)15-16-21-19(14-17-22(21)25)11-9-6-7-10-13-23(26)27-3/h6,9,14-17,19-21H,4-5,7-8,10-13H2,1-3H3/b9-6-,16-15+/t19-,20+,21?/m1/s1. The first kappa shape index (κ1) is 23.9. The molecular weight excluding hydrogens is 356 g/mol. The van der Waals surface area contributed by atoms with E-state index in [0.717, 1.165) is 44.9 Å². The lowest BCUT2D eigenvalue weighted by Gasteiger charge is -2.16. The largest absolute Gasteiger partial charge is 0.469 e. The zero-order chi connectivity index (χ0) is 20.8. The SMILES string of the molecule is CCCCC[C@@H](/C=C/C1C(=O)C=C[C@H]1C/C=C\CCCC(=O)OC)OC(C)=O. The molecule has 0 bridgehead atoms. The second-order valence-corrected chi connectivity index (χ2v) is 7.16. The molecule has 5 nitrogen and oxygen atoms in total. The van der Waals surface area contributed by atoms with E-state index in [4.69, 9.17) is 4.74 Å². The monoisotopic (exact) mass is 390 g/mol. The Kier molecular flexibility index (Phi) is 11.9. The highest BCUT2D eigenvalue weighted by molar-refractivity contribution is 5.95. The minimum absolute atomic E-state index is 0.0930. The van der Waals surface area contributed by atoms with Crippen LogP contribution in [0.1, 0.15) is 65.2 Å². The molecule has 156 valence electrons. The van der Waals surface area contributed by atoms with Gasteiger partial charge in [-0.25, -0.2) is 0 Å². The summed E-state index contributed by atoms with van der Waals surface area (Å²) in [6.45, 7) is 3.55. The van der Waals surface area contributed by atoms with E-state index in [1.165, 1.54) is 14.0 Å². The molecule has 0 N–H and O–H groups in total. The van der Waals surface area contributed by atoms with Crippen molar-refractivity contribution in [3.63, 3.8) is 0 Å². The third-order valence-electron chi connectivity index (χ3n) is 4.79. The van der Waals surface area contributed by atoms with Crippen LogP contribution in [0.25, 0.3) is 0 Å². The van der Waals surface area contributed by atoms with E-state index in [1.807, 2.05) is 24.3 Å². The topological polar surface area (TPSA) is 69.7 Å². The first-order chi connectivity index (χ1) is 13.5. The lowest BCUT2D eigenvalue weighted by molar-refractivity contribution is -0.144. The summed E-state index contributed by atoms with van der Waals surface area (Å²) in [6, 6.07) is 0. The van der Waals surface area contributed by atoms with Crippen LogP contribution < -0.4 is 0 Å². The predicted molar refractivity (Wildman–Crippen MR) is 110 cm³/mol. The molecule has 0 saturated carbocycles. The van der Waals surface area contributed by atoms with Gasteiger partial charge in [0.25, 0.3) is 0 Å². The van der Waals surface area contributed by atoms with E-state index in [-0.39, 0.29) is 35.7 Å². The van der Waals surface area contributed by atoms with E-state index < -0.39 is 0 Å². The van der Waals surface area contributed by atoms with E-state index in [2.05, 4.69) is 17.7 Å². The highest BCUT2D eigenvalue weighted by atomic mass is 16.5. The van der Waals surface area contributed by atoms with Gasteiger partial charge in [0.05, 0.1) is 7.11 Å². The fourth-order valence-corrected chi connectivity index (χ4v) is 3.21. The van der Waals surface area contributed by atoms with Crippen LogP contribution >= 0.6 is 0 Å². The molecule has 0 saturated heterocycles. The van der Waals surface area contributed by atoms with Gasteiger partial charge < -0.3 is 9.47 Å². The fraction of sp³-hybridized carbons (Fsp3) is 0.609. The number of esters is 2. The summed E-state index contributed by atoms with van der Waals surface area (Å²) in [4.78, 5) is 34.6. The predicted octanol–water partition coefficient (Wildman–Crippen LogP) is 4.72. The van der Waals surface area contributed by atoms with Crippen LogP contribution in [0.5, 0.6) is 0 Å². The fourth-order valence-electron chi connectivity index (χ4n) is 3.21. The molecule has 0 heterocycles. The molecule has 1 rings (SSSR count). The van der Waals surface area contributed by atoms with E-state index in [0.29, 0.717) is 6.42 Å². The van der Waals surface area contributed by atoms with Crippen LogP contribution in [0, 0.1) is 11.8 Å². The number of methoxy groups -OCH3 is 1. The van der Waals surface area contributed by atoms with Crippen molar-refractivity contribution >= 4 is 17.7 Å². The van der Waals surface area contributed by atoms with E-state index in [9.17, 15) is 14.4 Å². The normalized spacial score (nSPS) is 20.2. The number of ketones is 1. The molecule has 0 spiro atoms. The Hall–Kier alpha value is -2.17. The van der Waals surface area contributed by atoms with Crippen LogP contribution in [0.3, 0.4) is 0 Å². The Morgan fingerprint density at radius 2 is 2.00 bits per heavy atom. The maximum Gasteiger partial charge on any atom is 0.305 e. The number of carbonyl (C=O) groups is 3. The molecule has 5 heteroatoms. The molecule has 3 atom stereocenters. The van der Waals surface area contributed by atoms with Gasteiger partial charge in [0.1, 0.15) is 6.10 Å². The van der Waals surface area contributed by atoms with Crippen molar-refractivity contribution in [2.45, 2.75) is 71.3 Å². The summed E-state index contributed by atoms with van der Waals surface area (Å²) in [5.41, 5.74) is 0. The molecule has 0 radical (unpaired) electrons. The minimum Gasteiger partial charge on any atom is -0.469 e. The minimum atomic E-state index is -0.298. The molecule has 0 fully saturated rings. The lowest BCUT2D eigenvalue weighted by Crippen LogP contribution is -2.17. The number of hydrogen-bond acceptors (Lipinski definition) is 5. The summed E-state index contributed by atoms with van der Waals surface area (Å²) in [5.74, 6) is -0.480. The van der Waals surface area contributed by atoms with Gasteiger partial charge in [-0.15, -0.1) is 0 Å². The number of allylic oxidation sites excluding steroid dienone is 5. The van der Waals surface area contributed by atoms with Crippen molar-refractivity contribution in [2.75, 3.05) is 7.11 Å². The highest BCUT2D eigenvalue weighted by Crippen LogP contribution is 2.28. The number of rotatable bonds is 13. The average molecular weight is 391 g/mol. The molecule has 1 unspecified atom stereocenters. The molecule has 0 amide bonds. The Morgan fingerprint density at radius 1 is 1.21 bits per heavy atom. The summed E-state index contributed by atoms with van der Waals surface area (Å²) in [6.07, 6.45) is 17.9. The van der Waals surface area contributed by atoms with Crippen molar-refractivity contribution in [2.24, 2.45) is 11.8 Å². The van der Waals surface area contributed by atoms with Crippen molar-refractivity contribution in [3.8, 4) is 0 Å². The smallest absolute Gasteiger partial charge is 0.305 e. The summed E-state index contributed by atoms with van der Waals surface area (Å²) < 4.78 is 9.99. The average Bonchev–Trinajstić information content (AvgIpc) is 3.01. The molecular formula is C23H34O5. The molecule has 0 aromatic carbocycles. The zero-order valence-corrected chi connectivity index (χ0v) is 17.4. The van der Waals surface area contributed by atoms with Gasteiger partial charge in [-0.05, 0) is 50.2 Å². The Labute approximate surface area is 168 Å². The molecule has 0 aromatic heterocycles. The van der Waals surface area contributed by atoms with Gasteiger partial charge in [0, 0.05) is 19.3 Å². The number of carbonyl (C=O) groups excluding carboxylic acids is 3. The quantitative estimate of drug-likeness (QED) is 0.259. The van der Waals surface area contributed by atoms with Crippen molar-refractivity contribution in [1.29, 1.82) is 0 Å². The third-order valence-corrected chi connectivity index (χ3v) is 4.79. The maximum atomic E-state index is 12.2. The second-order valence-electron chi connectivity index (χ2n) is 7.16. The van der Waals surface area contributed by atoms with Gasteiger partial charge in [0.15, 0.2) is 5.78 Å². The van der Waals surface area contributed by atoms with E-state index in [1.54, 1.807) is 6.08 Å². The first-order valence-electron chi connectivity index (χ1n) is 10.3. The third kappa shape index (κ3) is 9.67. The molecule has 1 aliphatic rings. The number of hydrogen-bond donors (Lipinski definition) is 0. The van der Waals surface area contributed by atoms with E-state index >= 15 is 0 Å². The Balaban J connectivity index is 2.53. The number of ether oxygens (including phenoxy) is 2. The van der Waals surface area contributed by atoms with Crippen LogP contribution in [0.2, 0.25) is 0 Å². The highest BCUT2D eigenvalue weighted by Gasteiger charge is 2.27. The lowest BCUT2D eigenvalue weighted by atomic mass is 9.90. The Morgan fingerprint density at radius 3 is 2.68 bits per heavy atom. The molecule has 1 aliphatic carbocycles. The zero-order valence-electron chi connectivity index (χ0n) is 17.4. The van der Waals surface area contributed by atoms with Gasteiger partial charge in [-0.2, -0.15) is 0 Å². The summed E-state index contributed by atoms with van der Waals surface area (Å²) >= 11 is 0. The van der Waals surface area contributed by atoms with Gasteiger partial charge in [-0.1, -0.05) is 44.1 Å². The van der Waals surface area contributed by atoms with Crippen molar-refractivity contribution < 1.29 is 23.9 Å². The maximum absolute atomic E-state index is 12.2. The molecule has 28 heavy (non-hydrogen) atoms. The summed E-state index contributed by atoms with van der Waals surface area (Å²) in [7, 11) is 1.39. The van der Waals surface area contributed by atoms with Crippen LogP contribution in [0.15, 0.2) is 36.5 Å². The number of unbranched alkanes of at least 4 members (excludes halogenated alkanes) is 3.